The van der Waals surface area contributed by atoms with E-state index in [1.54, 1.807) is 12.1 Å². The molecule has 9 heteroatoms. The molecule has 2 aliphatic heterocycles. The van der Waals surface area contributed by atoms with Crippen LogP contribution in [-0.4, -0.2) is 77.8 Å². The molecule has 0 spiro atoms. The molecule has 0 aliphatic carbocycles. The first kappa shape index (κ1) is 25.5. The van der Waals surface area contributed by atoms with E-state index in [2.05, 4.69) is 10.2 Å². The number of aromatic amines is 1. The first-order valence-electron chi connectivity index (χ1n) is 12.4. The molecule has 0 radical (unpaired) electrons. The van der Waals surface area contributed by atoms with Gasteiger partial charge in [-0.3, -0.25) is 14.7 Å². The molecule has 2 saturated heterocycles. The Morgan fingerprint density at radius 1 is 1.17 bits per heavy atom. The highest BCUT2D eigenvalue weighted by Crippen LogP contribution is 2.36. The number of rotatable bonds is 8. The molecule has 2 aromatic rings. The number of carbonyl (C=O) groups is 2. The Balaban J connectivity index is 1.46. The molecule has 0 bridgehead atoms. The van der Waals surface area contributed by atoms with Crippen LogP contribution in [0.4, 0.5) is 0 Å². The first-order chi connectivity index (χ1) is 16.8. The third-order valence-electron chi connectivity index (χ3n) is 7.11. The average Bonchev–Trinajstić information content (AvgIpc) is 3.19. The second-order valence-electron chi connectivity index (χ2n) is 9.75. The predicted molar refractivity (Wildman–Crippen MR) is 134 cm³/mol. The largest absolute Gasteiger partial charge is 0.493 e. The maximum Gasteiger partial charge on any atom is 0.223 e. The second-order valence-corrected chi connectivity index (χ2v) is 10.2. The van der Waals surface area contributed by atoms with Gasteiger partial charge >= 0.3 is 0 Å². The van der Waals surface area contributed by atoms with Gasteiger partial charge in [-0.05, 0) is 56.9 Å². The summed E-state index contributed by atoms with van der Waals surface area (Å²) in [5.74, 6) is 0.877. The van der Waals surface area contributed by atoms with Gasteiger partial charge in [0.1, 0.15) is 5.75 Å². The minimum atomic E-state index is -0.451. The van der Waals surface area contributed by atoms with Crippen molar-refractivity contribution in [3.05, 3.63) is 46.2 Å². The van der Waals surface area contributed by atoms with Crippen LogP contribution in [0.5, 0.6) is 5.75 Å². The van der Waals surface area contributed by atoms with E-state index in [4.69, 9.17) is 21.1 Å². The van der Waals surface area contributed by atoms with E-state index in [-0.39, 0.29) is 11.8 Å². The molecular formula is C26H35ClN4O4. The summed E-state index contributed by atoms with van der Waals surface area (Å²) in [4.78, 5) is 30.3. The van der Waals surface area contributed by atoms with Crippen molar-refractivity contribution in [1.82, 2.24) is 20.0 Å². The van der Waals surface area contributed by atoms with Crippen molar-refractivity contribution in [3.63, 3.8) is 0 Å². The van der Waals surface area contributed by atoms with E-state index in [1.807, 2.05) is 35.8 Å². The number of carbonyl (C=O) groups excluding carboxylic acids is 2. The van der Waals surface area contributed by atoms with Crippen molar-refractivity contribution >= 4 is 23.4 Å². The number of hydrogen-bond donors (Lipinski definition) is 1. The number of likely N-dealkylation sites (tertiary alicyclic amines) is 1. The van der Waals surface area contributed by atoms with Crippen LogP contribution in [0.25, 0.3) is 0 Å². The molecule has 8 nitrogen and oxygen atoms in total. The fourth-order valence-electron chi connectivity index (χ4n) is 5.10. The first-order valence-corrected chi connectivity index (χ1v) is 12.8. The zero-order valence-corrected chi connectivity index (χ0v) is 21.4. The summed E-state index contributed by atoms with van der Waals surface area (Å²) in [5, 5.41) is 7.83. The Hall–Kier alpha value is -2.58. The zero-order valence-electron chi connectivity index (χ0n) is 20.6. The molecular weight excluding hydrogens is 468 g/mol. The number of ether oxygens (including phenoxy) is 2. The van der Waals surface area contributed by atoms with Gasteiger partial charge in [0, 0.05) is 55.2 Å². The Morgan fingerprint density at radius 2 is 1.97 bits per heavy atom. The molecule has 1 atom stereocenters. The lowest BCUT2D eigenvalue weighted by molar-refractivity contribution is -0.143. The second kappa shape index (κ2) is 11.4. The highest BCUT2D eigenvalue weighted by molar-refractivity contribution is 6.30. The Bertz CT molecular complexity index is 1020. The summed E-state index contributed by atoms with van der Waals surface area (Å²) in [6.07, 6.45) is 3.08. The van der Waals surface area contributed by atoms with Crippen LogP contribution in [0.15, 0.2) is 24.3 Å². The van der Waals surface area contributed by atoms with Crippen molar-refractivity contribution in [3.8, 4) is 5.75 Å². The molecule has 1 aromatic heterocycles. The summed E-state index contributed by atoms with van der Waals surface area (Å²) in [5.41, 5.74) is 2.60. The number of morpholine rings is 1. The van der Waals surface area contributed by atoms with Crippen molar-refractivity contribution in [2.45, 2.75) is 46.0 Å². The summed E-state index contributed by atoms with van der Waals surface area (Å²) in [6.45, 7) is 7.85. The number of hydrogen-bond acceptors (Lipinski definition) is 5. The predicted octanol–water partition coefficient (Wildman–Crippen LogP) is 3.55. The number of piperidine rings is 1. The number of nitrogens with one attached hydrogen (secondary N) is 1. The third-order valence-corrected chi connectivity index (χ3v) is 7.35. The molecule has 1 N–H and O–H groups in total. The lowest BCUT2D eigenvalue weighted by Gasteiger charge is -2.43. The molecule has 190 valence electrons. The number of nitrogens with zero attached hydrogens (tertiary/aromatic N) is 3. The third kappa shape index (κ3) is 6.55. The van der Waals surface area contributed by atoms with Gasteiger partial charge in [0.25, 0.3) is 0 Å². The normalized spacial score (nSPS) is 20.7. The van der Waals surface area contributed by atoms with Crippen LogP contribution < -0.4 is 4.74 Å². The van der Waals surface area contributed by atoms with E-state index in [0.29, 0.717) is 76.0 Å². The van der Waals surface area contributed by atoms with Gasteiger partial charge < -0.3 is 19.3 Å². The van der Waals surface area contributed by atoms with Crippen LogP contribution in [0.3, 0.4) is 0 Å². The maximum absolute atomic E-state index is 13.2. The number of amides is 2. The van der Waals surface area contributed by atoms with Gasteiger partial charge in [0.15, 0.2) is 0 Å². The zero-order chi connectivity index (χ0) is 24.8. The quantitative estimate of drug-likeness (QED) is 0.596. The van der Waals surface area contributed by atoms with Crippen LogP contribution >= 0.6 is 11.6 Å². The molecule has 0 unspecified atom stereocenters. The summed E-state index contributed by atoms with van der Waals surface area (Å²) in [6, 6.07) is 7.29. The monoisotopic (exact) mass is 502 g/mol. The lowest BCUT2D eigenvalue weighted by atomic mass is 9.77. The smallest absolute Gasteiger partial charge is 0.223 e. The van der Waals surface area contributed by atoms with Crippen LogP contribution in [0, 0.1) is 19.3 Å². The SMILES string of the molecule is Cc1n[nH]c(C)c1CCC(=O)N1CCC[C@](COc2cccc(Cl)c2)(CC(=O)N2CCOCC2)C1. The Labute approximate surface area is 211 Å². The number of benzene rings is 1. The van der Waals surface area contributed by atoms with Crippen LogP contribution in [0.2, 0.25) is 5.02 Å². The molecule has 4 rings (SSSR count). The Morgan fingerprint density at radius 3 is 2.69 bits per heavy atom. The van der Waals surface area contributed by atoms with E-state index in [0.717, 1.165) is 29.8 Å². The standard InChI is InChI=1S/C26H35ClN4O4/c1-19-23(20(2)29-28-19)7-8-24(32)31-10-4-9-26(17-31,16-25(33)30-11-13-34-14-12-30)18-35-22-6-3-5-21(27)15-22/h3,5-6,15H,4,7-14,16-18H2,1-2H3,(H,28,29)/t26-/m0/s1. The topological polar surface area (TPSA) is 87.8 Å². The average molecular weight is 503 g/mol. The van der Waals surface area contributed by atoms with E-state index in [9.17, 15) is 9.59 Å². The van der Waals surface area contributed by atoms with Crippen LogP contribution in [0.1, 0.15) is 42.6 Å². The fourth-order valence-corrected chi connectivity index (χ4v) is 5.29. The van der Waals surface area contributed by atoms with Crippen molar-refractivity contribution in [1.29, 1.82) is 0 Å². The van der Waals surface area contributed by atoms with Crippen molar-refractivity contribution in [2.75, 3.05) is 46.0 Å². The van der Waals surface area contributed by atoms with E-state index in [1.165, 1.54) is 0 Å². The van der Waals surface area contributed by atoms with Gasteiger partial charge in [-0.25, -0.2) is 0 Å². The molecule has 3 heterocycles. The molecule has 0 saturated carbocycles. The van der Waals surface area contributed by atoms with Gasteiger partial charge in [0.05, 0.1) is 25.5 Å². The maximum atomic E-state index is 13.2. The van der Waals surface area contributed by atoms with Crippen LogP contribution in [-0.2, 0) is 20.7 Å². The molecule has 1 aromatic carbocycles. The highest BCUT2D eigenvalue weighted by atomic mass is 35.5. The number of aryl methyl sites for hydroxylation is 2. The molecule has 35 heavy (non-hydrogen) atoms. The summed E-state index contributed by atoms with van der Waals surface area (Å²) in [7, 11) is 0. The molecule has 2 fully saturated rings. The van der Waals surface area contributed by atoms with Gasteiger partial charge in [-0.15, -0.1) is 0 Å². The minimum absolute atomic E-state index is 0.0990. The van der Waals surface area contributed by atoms with Crippen molar-refractivity contribution < 1.29 is 19.1 Å². The highest BCUT2D eigenvalue weighted by Gasteiger charge is 2.41. The van der Waals surface area contributed by atoms with Gasteiger partial charge in [-0.1, -0.05) is 17.7 Å². The fraction of sp³-hybridized carbons (Fsp3) is 0.577. The Kier molecular flexibility index (Phi) is 8.34. The molecule has 2 amide bonds. The number of aromatic nitrogens is 2. The number of halogens is 1. The van der Waals surface area contributed by atoms with Gasteiger partial charge in [0.2, 0.25) is 11.8 Å². The lowest BCUT2D eigenvalue weighted by Crippen LogP contribution is -2.52. The summed E-state index contributed by atoms with van der Waals surface area (Å²) >= 11 is 6.14. The minimum Gasteiger partial charge on any atom is -0.493 e. The molecule has 2 aliphatic rings. The van der Waals surface area contributed by atoms with Crippen molar-refractivity contribution in [2.24, 2.45) is 5.41 Å². The van der Waals surface area contributed by atoms with E-state index >= 15 is 0 Å². The van der Waals surface area contributed by atoms with Gasteiger partial charge in [-0.2, -0.15) is 5.10 Å². The summed E-state index contributed by atoms with van der Waals surface area (Å²) < 4.78 is 11.6. The van der Waals surface area contributed by atoms with E-state index < -0.39 is 5.41 Å². The number of H-pyrrole nitrogens is 1.